The highest BCUT2D eigenvalue weighted by Gasteiger charge is 2.22. The van der Waals surface area contributed by atoms with Crippen molar-refractivity contribution in [3.05, 3.63) is 53.0 Å². The summed E-state index contributed by atoms with van der Waals surface area (Å²) in [6.45, 7) is 2.83. The molecule has 2 aromatic rings. The van der Waals surface area contributed by atoms with E-state index < -0.39 is 22.0 Å². The summed E-state index contributed by atoms with van der Waals surface area (Å²) in [5.74, 6) is -0.755. The fourth-order valence-electron chi connectivity index (χ4n) is 2.10. The van der Waals surface area contributed by atoms with Gasteiger partial charge in [0.15, 0.2) is 0 Å². The molecule has 2 rings (SSSR count). The molecule has 0 saturated carbocycles. The van der Waals surface area contributed by atoms with Crippen LogP contribution in [0.5, 0.6) is 0 Å². The molecule has 3 N–H and O–H groups in total. The largest absolute Gasteiger partial charge is 0.326 e. The summed E-state index contributed by atoms with van der Waals surface area (Å²) >= 11 is 3.24. The maximum Gasteiger partial charge on any atom is 0.242 e. The molecule has 0 heterocycles. The minimum Gasteiger partial charge on any atom is -0.326 e. The standard InChI is InChI=1S/C17H18BrN3O4S/c1-11(21-26(24,25)16-8-6-13(18)7-9-16)17(23)20-15-5-3-4-14(10-15)19-12(2)22/h3-11,21H,1-2H3,(H,19,22)(H,20,23)/t11-/m1/s1. The Bertz CT molecular complexity index is 914. The van der Waals surface area contributed by atoms with Crippen molar-refractivity contribution in [3.8, 4) is 0 Å². The van der Waals surface area contributed by atoms with Crippen LogP contribution in [0.4, 0.5) is 11.4 Å². The monoisotopic (exact) mass is 439 g/mol. The van der Waals surface area contributed by atoms with E-state index in [1.54, 1.807) is 36.4 Å². The molecule has 0 aromatic heterocycles. The Morgan fingerprint density at radius 1 is 1.00 bits per heavy atom. The summed E-state index contributed by atoms with van der Waals surface area (Å²) in [6.07, 6.45) is 0. The van der Waals surface area contributed by atoms with Gasteiger partial charge in [0.05, 0.1) is 10.9 Å². The molecule has 0 fully saturated rings. The normalized spacial score (nSPS) is 12.3. The average molecular weight is 440 g/mol. The van der Waals surface area contributed by atoms with Crippen LogP contribution < -0.4 is 15.4 Å². The van der Waals surface area contributed by atoms with Crippen molar-refractivity contribution in [2.24, 2.45) is 0 Å². The number of benzene rings is 2. The van der Waals surface area contributed by atoms with Crippen LogP contribution in [0.3, 0.4) is 0 Å². The van der Waals surface area contributed by atoms with Crippen molar-refractivity contribution in [1.29, 1.82) is 0 Å². The van der Waals surface area contributed by atoms with E-state index in [4.69, 9.17) is 0 Å². The first kappa shape index (κ1) is 20.1. The van der Waals surface area contributed by atoms with Crippen molar-refractivity contribution in [1.82, 2.24) is 4.72 Å². The van der Waals surface area contributed by atoms with Gasteiger partial charge in [-0.15, -0.1) is 0 Å². The van der Waals surface area contributed by atoms with Gasteiger partial charge in [-0.1, -0.05) is 22.0 Å². The van der Waals surface area contributed by atoms with Gasteiger partial charge in [-0.2, -0.15) is 4.72 Å². The lowest BCUT2D eigenvalue weighted by molar-refractivity contribution is -0.117. The number of halogens is 1. The lowest BCUT2D eigenvalue weighted by Gasteiger charge is -2.15. The molecular formula is C17H18BrN3O4S. The third kappa shape index (κ3) is 5.65. The second kappa shape index (κ2) is 8.43. The molecule has 0 aliphatic rings. The van der Waals surface area contributed by atoms with E-state index in [1.807, 2.05) is 0 Å². The molecule has 2 amide bonds. The van der Waals surface area contributed by atoms with E-state index in [0.717, 1.165) is 4.47 Å². The number of hydrogen-bond acceptors (Lipinski definition) is 4. The average Bonchev–Trinajstić information content (AvgIpc) is 2.54. The van der Waals surface area contributed by atoms with E-state index in [1.165, 1.54) is 26.0 Å². The molecule has 0 spiro atoms. The summed E-state index contributed by atoms with van der Waals surface area (Å²) in [5.41, 5.74) is 0.967. The molecule has 0 radical (unpaired) electrons. The zero-order valence-corrected chi connectivity index (χ0v) is 16.5. The van der Waals surface area contributed by atoms with Gasteiger partial charge >= 0.3 is 0 Å². The van der Waals surface area contributed by atoms with Gasteiger partial charge in [-0.25, -0.2) is 8.42 Å². The molecule has 26 heavy (non-hydrogen) atoms. The first-order chi connectivity index (χ1) is 12.2. The quantitative estimate of drug-likeness (QED) is 0.643. The number of anilines is 2. The molecule has 0 unspecified atom stereocenters. The zero-order chi connectivity index (χ0) is 19.3. The van der Waals surface area contributed by atoms with Crippen LogP contribution in [0.2, 0.25) is 0 Å². The van der Waals surface area contributed by atoms with Gasteiger partial charge in [0.1, 0.15) is 0 Å². The van der Waals surface area contributed by atoms with Crippen LogP contribution in [0.25, 0.3) is 0 Å². The summed E-state index contributed by atoms with van der Waals surface area (Å²) < 4.78 is 27.7. The van der Waals surface area contributed by atoms with Crippen molar-refractivity contribution in [3.63, 3.8) is 0 Å². The SMILES string of the molecule is CC(=O)Nc1cccc(NC(=O)[C@@H](C)NS(=O)(=O)c2ccc(Br)cc2)c1. The fourth-order valence-corrected chi connectivity index (χ4v) is 3.56. The minimum absolute atomic E-state index is 0.0630. The van der Waals surface area contributed by atoms with Crippen LogP contribution in [0, 0.1) is 0 Å². The highest BCUT2D eigenvalue weighted by molar-refractivity contribution is 9.10. The Morgan fingerprint density at radius 3 is 2.15 bits per heavy atom. The van der Waals surface area contributed by atoms with E-state index in [2.05, 4.69) is 31.3 Å². The van der Waals surface area contributed by atoms with Gasteiger partial charge in [-0.05, 0) is 49.4 Å². The van der Waals surface area contributed by atoms with Crippen molar-refractivity contribution < 1.29 is 18.0 Å². The van der Waals surface area contributed by atoms with E-state index >= 15 is 0 Å². The Kier molecular flexibility index (Phi) is 6.52. The first-order valence-electron chi connectivity index (χ1n) is 7.64. The topological polar surface area (TPSA) is 104 Å². The molecular weight excluding hydrogens is 422 g/mol. The van der Waals surface area contributed by atoms with E-state index in [9.17, 15) is 18.0 Å². The molecule has 0 aliphatic carbocycles. The Balaban J connectivity index is 2.05. The third-order valence-electron chi connectivity index (χ3n) is 3.30. The van der Waals surface area contributed by atoms with E-state index in [0.29, 0.717) is 11.4 Å². The first-order valence-corrected chi connectivity index (χ1v) is 9.91. The Morgan fingerprint density at radius 2 is 1.58 bits per heavy atom. The van der Waals surface area contributed by atoms with Crippen molar-refractivity contribution >= 4 is 49.1 Å². The van der Waals surface area contributed by atoms with Gasteiger partial charge in [0, 0.05) is 22.8 Å². The highest BCUT2D eigenvalue weighted by atomic mass is 79.9. The Hall–Kier alpha value is -2.23. The summed E-state index contributed by atoms with van der Waals surface area (Å²) in [5, 5.41) is 5.22. The van der Waals surface area contributed by atoms with Gasteiger partial charge in [-0.3, -0.25) is 9.59 Å². The molecule has 2 aromatic carbocycles. The molecule has 7 nitrogen and oxygen atoms in total. The van der Waals surface area contributed by atoms with Crippen LogP contribution >= 0.6 is 15.9 Å². The Labute approximate surface area is 160 Å². The van der Waals surface area contributed by atoms with Crippen LogP contribution in [0.15, 0.2) is 57.9 Å². The third-order valence-corrected chi connectivity index (χ3v) is 5.38. The smallest absolute Gasteiger partial charge is 0.242 e. The molecule has 138 valence electrons. The number of sulfonamides is 1. The van der Waals surface area contributed by atoms with Crippen LogP contribution in [-0.4, -0.2) is 26.3 Å². The summed E-state index contributed by atoms with van der Waals surface area (Å²) in [4.78, 5) is 23.4. The zero-order valence-electron chi connectivity index (χ0n) is 14.1. The predicted octanol–water partition coefficient (Wildman–Crippen LogP) is 2.71. The number of amides is 2. The molecule has 0 saturated heterocycles. The van der Waals surface area contributed by atoms with Crippen LogP contribution in [-0.2, 0) is 19.6 Å². The predicted molar refractivity (Wildman–Crippen MR) is 103 cm³/mol. The number of nitrogens with one attached hydrogen (secondary N) is 3. The van der Waals surface area contributed by atoms with E-state index in [-0.39, 0.29) is 10.8 Å². The molecule has 0 bridgehead atoms. The molecule has 9 heteroatoms. The summed E-state index contributed by atoms with van der Waals surface area (Å²) in [7, 11) is -3.83. The number of carbonyl (C=O) groups excluding carboxylic acids is 2. The van der Waals surface area contributed by atoms with Gasteiger partial charge in [0.2, 0.25) is 21.8 Å². The second-order valence-corrected chi connectivity index (χ2v) is 8.18. The molecule has 1 atom stereocenters. The maximum atomic E-state index is 12.3. The molecule has 0 aliphatic heterocycles. The number of carbonyl (C=O) groups is 2. The van der Waals surface area contributed by atoms with Gasteiger partial charge < -0.3 is 10.6 Å². The lowest BCUT2D eigenvalue weighted by Crippen LogP contribution is -2.41. The lowest BCUT2D eigenvalue weighted by atomic mass is 10.2. The maximum absolute atomic E-state index is 12.3. The van der Waals surface area contributed by atoms with Gasteiger partial charge in [0.25, 0.3) is 0 Å². The summed E-state index contributed by atoms with van der Waals surface area (Å²) in [6, 6.07) is 11.7. The fraction of sp³-hybridized carbons (Fsp3) is 0.176. The minimum atomic E-state index is -3.83. The van der Waals surface area contributed by atoms with Crippen molar-refractivity contribution in [2.45, 2.75) is 24.8 Å². The number of rotatable bonds is 6. The van der Waals surface area contributed by atoms with Crippen molar-refractivity contribution in [2.75, 3.05) is 10.6 Å². The second-order valence-electron chi connectivity index (χ2n) is 5.55. The van der Waals surface area contributed by atoms with Crippen LogP contribution in [0.1, 0.15) is 13.8 Å². The highest BCUT2D eigenvalue weighted by Crippen LogP contribution is 2.17. The number of hydrogen-bond donors (Lipinski definition) is 3.